The van der Waals surface area contributed by atoms with Crippen LogP contribution in [0.1, 0.15) is 38.7 Å². The molecule has 2 rings (SSSR count). The van der Waals surface area contributed by atoms with Crippen LogP contribution in [0.5, 0.6) is 5.75 Å². The third-order valence-electron chi connectivity index (χ3n) is 3.44. The van der Waals surface area contributed by atoms with Gasteiger partial charge in [0, 0.05) is 5.92 Å². The molecule has 1 aromatic rings. The molecule has 0 spiro atoms. The van der Waals surface area contributed by atoms with Gasteiger partial charge in [0.05, 0.1) is 13.2 Å². The number of hydrogen-bond donors (Lipinski definition) is 0. The van der Waals surface area contributed by atoms with E-state index in [4.69, 9.17) is 9.47 Å². The first-order valence-corrected chi connectivity index (χ1v) is 6.61. The van der Waals surface area contributed by atoms with Crippen LogP contribution >= 0.6 is 0 Å². The summed E-state index contributed by atoms with van der Waals surface area (Å²) in [7, 11) is 1.60. The Hall–Kier alpha value is -2.02. The van der Waals surface area contributed by atoms with Crippen LogP contribution in [0.25, 0.3) is 0 Å². The number of carbonyl (C=O) groups excluding carboxylic acids is 1. The fourth-order valence-electron chi connectivity index (χ4n) is 2.27. The van der Waals surface area contributed by atoms with Crippen molar-refractivity contribution in [2.24, 2.45) is 5.41 Å². The maximum atomic E-state index is 12.2. The molecule has 4 nitrogen and oxygen atoms in total. The van der Waals surface area contributed by atoms with Crippen LogP contribution in [0.15, 0.2) is 24.3 Å². The first kappa shape index (κ1) is 14.4. The molecular weight excluding hydrogens is 254 g/mol. The zero-order valence-electron chi connectivity index (χ0n) is 12.3. The van der Waals surface area contributed by atoms with E-state index in [1.165, 1.54) is 0 Å². The predicted molar refractivity (Wildman–Crippen MR) is 74.2 cm³/mol. The van der Waals surface area contributed by atoms with Crippen molar-refractivity contribution in [1.82, 2.24) is 0 Å². The summed E-state index contributed by atoms with van der Waals surface area (Å²) in [6, 6.07) is 9.61. The summed E-state index contributed by atoms with van der Waals surface area (Å²) in [6.07, 6.45) is 0.519. The summed E-state index contributed by atoms with van der Waals surface area (Å²) in [6.45, 7) is 5.42. The van der Waals surface area contributed by atoms with Crippen molar-refractivity contribution in [2.75, 3.05) is 7.11 Å². The maximum Gasteiger partial charge on any atom is 0.327 e. The van der Waals surface area contributed by atoms with Crippen LogP contribution in [0.4, 0.5) is 0 Å². The number of nitrogens with zero attached hydrogens (tertiary/aromatic N) is 1. The zero-order chi connectivity index (χ0) is 15.0. The fraction of sp³-hybridized carbons (Fsp3) is 0.500. The third-order valence-corrected chi connectivity index (χ3v) is 3.44. The van der Waals surface area contributed by atoms with Crippen molar-refractivity contribution >= 4 is 5.97 Å². The van der Waals surface area contributed by atoms with Crippen LogP contribution in [0.2, 0.25) is 0 Å². The van der Waals surface area contributed by atoms with E-state index in [0.717, 1.165) is 11.3 Å². The van der Waals surface area contributed by atoms with Gasteiger partial charge in [-0.05, 0) is 44.9 Å². The standard InChI is InChI=1S/C16H19NO3/c1-15(2,3)20-14(18)16(10-17)9-13(16)11-5-7-12(19-4)8-6-11/h5-8,13H,9H2,1-4H3. The Kier molecular flexibility index (Phi) is 3.47. The molecule has 1 fully saturated rings. The van der Waals surface area contributed by atoms with E-state index in [1.807, 2.05) is 24.3 Å². The molecule has 1 aliphatic carbocycles. The van der Waals surface area contributed by atoms with Crippen LogP contribution in [0.3, 0.4) is 0 Å². The Morgan fingerprint density at radius 2 is 1.95 bits per heavy atom. The van der Waals surface area contributed by atoms with E-state index in [-0.39, 0.29) is 5.92 Å². The number of carbonyl (C=O) groups is 1. The molecule has 0 saturated heterocycles. The monoisotopic (exact) mass is 273 g/mol. The average Bonchev–Trinajstić information content (AvgIpc) is 3.13. The second-order valence-electron chi connectivity index (χ2n) is 6.11. The Morgan fingerprint density at radius 3 is 2.40 bits per heavy atom. The lowest BCUT2D eigenvalue weighted by Gasteiger charge is -2.21. The Bertz CT molecular complexity index is 551. The summed E-state index contributed by atoms with van der Waals surface area (Å²) >= 11 is 0. The lowest BCUT2D eigenvalue weighted by atomic mass is 10.00. The summed E-state index contributed by atoms with van der Waals surface area (Å²) in [5, 5.41) is 9.38. The lowest BCUT2D eigenvalue weighted by Crippen LogP contribution is -2.29. The number of esters is 1. The van der Waals surface area contributed by atoms with Crippen LogP contribution in [-0.4, -0.2) is 18.7 Å². The number of methoxy groups -OCH3 is 1. The molecule has 0 bridgehead atoms. The number of nitriles is 1. The minimum Gasteiger partial charge on any atom is -0.497 e. The Labute approximate surface area is 119 Å². The molecule has 2 atom stereocenters. The van der Waals surface area contributed by atoms with Gasteiger partial charge in [0.1, 0.15) is 11.4 Å². The van der Waals surface area contributed by atoms with Crippen molar-refractivity contribution in [3.8, 4) is 11.8 Å². The first-order chi connectivity index (χ1) is 9.32. The van der Waals surface area contributed by atoms with Gasteiger partial charge in [-0.2, -0.15) is 5.26 Å². The topological polar surface area (TPSA) is 59.3 Å². The quantitative estimate of drug-likeness (QED) is 0.794. The number of ether oxygens (including phenoxy) is 2. The number of benzene rings is 1. The highest BCUT2D eigenvalue weighted by Crippen LogP contribution is 2.60. The molecule has 1 aromatic carbocycles. The number of rotatable bonds is 3. The number of hydrogen-bond acceptors (Lipinski definition) is 4. The molecule has 0 aliphatic heterocycles. The zero-order valence-corrected chi connectivity index (χ0v) is 12.3. The molecule has 0 radical (unpaired) electrons. The first-order valence-electron chi connectivity index (χ1n) is 6.61. The average molecular weight is 273 g/mol. The van der Waals surface area contributed by atoms with E-state index in [9.17, 15) is 10.1 Å². The van der Waals surface area contributed by atoms with Gasteiger partial charge in [-0.1, -0.05) is 12.1 Å². The van der Waals surface area contributed by atoms with Crippen molar-refractivity contribution in [1.29, 1.82) is 5.26 Å². The second kappa shape index (κ2) is 4.82. The van der Waals surface area contributed by atoms with Gasteiger partial charge in [0.25, 0.3) is 0 Å². The molecule has 0 aromatic heterocycles. The molecule has 0 N–H and O–H groups in total. The normalized spacial score (nSPS) is 24.6. The van der Waals surface area contributed by atoms with Gasteiger partial charge < -0.3 is 9.47 Å². The fourth-order valence-corrected chi connectivity index (χ4v) is 2.27. The molecule has 0 amide bonds. The molecule has 2 unspecified atom stereocenters. The summed E-state index contributed by atoms with van der Waals surface area (Å²) in [5.41, 5.74) is -0.631. The lowest BCUT2D eigenvalue weighted by molar-refractivity contribution is -0.159. The molecule has 106 valence electrons. The van der Waals surface area contributed by atoms with Gasteiger partial charge in [-0.15, -0.1) is 0 Å². The highest BCUT2D eigenvalue weighted by Gasteiger charge is 2.63. The van der Waals surface area contributed by atoms with Gasteiger partial charge in [-0.25, -0.2) is 0 Å². The van der Waals surface area contributed by atoms with Crippen molar-refractivity contribution in [3.05, 3.63) is 29.8 Å². The molecule has 1 aliphatic rings. The molecule has 0 heterocycles. The van der Waals surface area contributed by atoms with E-state index in [2.05, 4.69) is 6.07 Å². The molecule has 4 heteroatoms. The Morgan fingerprint density at radius 1 is 1.35 bits per heavy atom. The summed E-state index contributed by atoms with van der Waals surface area (Å²) in [5.74, 6) is 0.246. The third kappa shape index (κ3) is 2.62. The maximum absolute atomic E-state index is 12.2. The van der Waals surface area contributed by atoms with Crippen LogP contribution in [-0.2, 0) is 9.53 Å². The van der Waals surface area contributed by atoms with E-state index in [1.54, 1.807) is 27.9 Å². The Balaban J connectivity index is 2.16. The van der Waals surface area contributed by atoms with Crippen LogP contribution < -0.4 is 4.74 Å². The second-order valence-corrected chi connectivity index (χ2v) is 6.11. The largest absolute Gasteiger partial charge is 0.497 e. The van der Waals surface area contributed by atoms with E-state index >= 15 is 0 Å². The molecule has 1 saturated carbocycles. The molecular formula is C16H19NO3. The van der Waals surface area contributed by atoms with Gasteiger partial charge in [0.2, 0.25) is 0 Å². The molecule has 20 heavy (non-hydrogen) atoms. The SMILES string of the molecule is COc1ccc(C2CC2(C#N)C(=O)OC(C)(C)C)cc1. The van der Waals surface area contributed by atoms with Crippen molar-refractivity contribution in [2.45, 2.75) is 38.7 Å². The van der Waals surface area contributed by atoms with E-state index in [0.29, 0.717) is 6.42 Å². The smallest absolute Gasteiger partial charge is 0.327 e. The summed E-state index contributed by atoms with van der Waals surface area (Å²) < 4.78 is 10.5. The van der Waals surface area contributed by atoms with Gasteiger partial charge in [-0.3, -0.25) is 4.79 Å². The van der Waals surface area contributed by atoms with Crippen molar-refractivity contribution in [3.63, 3.8) is 0 Å². The minimum absolute atomic E-state index is 0.0896. The van der Waals surface area contributed by atoms with Crippen LogP contribution in [0, 0.1) is 16.7 Å². The van der Waals surface area contributed by atoms with Crippen molar-refractivity contribution < 1.29 is 14.3 Å². The minimum atomic E-state index is -1.03. The van der Waals surface area contributed by atoms with E-state index < -0.39 is 17.0 Å². The van der Waals surface area contributed by atoms with Gasteiger partial charge in [0.15, 0.2) is 5.41 Å². The predicted octanol–water partition coefficient (Wildman–Crippen LogP) is 3.03. The summed E-state index contributed by atoms with van der Waals surface area (Å²) in [4.78, 5) is 12.2. The highest BCUT2D eigenvalue weighted by atomic mass is 16.6. The highest BCUT2D eigenvalue weighted by molar-refractivity contribution is 5.86. The van der Waals surface area contributed by atoms with Gasteiger partial charge >= 0.3 is 5.97 Å².